The van der Waals surface area contributed by atoms with E-state index in [1.807, 2.05) is 39.5 Å². The summed E-state index contributed by atoms with van der Waals surface area (Å²) in [6, 6.07) is -0.580. The van der Waals surface area contributed by atoms with Gasteiger partial charge in [0.1, 0.15) is 0 Å². The monoisotopic (exact) mass is 637 g/mol. The molecular formula is C34H63N5O6. The second kappa shape index (κ2) is 19.4. The van der Waals surface area contributed by atoms with Crippen LogP contribution in [0.1, 0.15) is 105 Å². The number of amides is 4. The van der Waals surface area contributed by atoms with Gasteiger partial charge < -0.3 is 25.3 Å². The summed E-state index contributed by atoms with van der Waals surface area (Å²) in [6.45, 7) is 11.7. The number of nitrogens with one attached hydrogen (secondary N) is 2. The molecule has 0 heterocycles. The van der Waals surface area contributed by atoms with Crippen LogP contribution in [-0.4, -0.2) is 107 Å². The van der Waals surface area contributed by atoms with Crippen molar-refractivity contribution in [3.8, 4) is 0 Å². The Kier molecular flexibility index (Phi) is 16.8. The molecule has 11 nitrogen and oxygen atoms in total. The summed E-state index contributed by atoms with van der Waals surface area (Å²) < 4.78 is 0. The maximum atomic E-state index is 14.0. The van der Waals surface area contributed by atoms with Gasteiger partial charge in [0.05, 0.1) is 18.2 Å². The Bertz CT molecular complexity index is 932. The summed E-state index contributed by atoms with van der Waals surface area (Å²) >= 11 is 0. The van der Waals surface area contributed by atoms with E-state index in [0.29, 0.717) is 58.2 Å². The van der Waals surface area contributed by atoms with Gasteiger partial charge in [0.15, 0.2) is 0 Å². The van der Waals surface area contributed by atoms with Gasteiger partial charge in [-0.15, -0.1) is 0 Å². The number of rotatable bonds is 17. The lowest BCUT2D eigenvalue weighted by atomic mass is 9.73. The minimum Gasteiger partial charge on any atom is -0.393 e. The topological polar surface area (TPSA) is 143 Å². The van der Waals surface area contributed by atoms with Crippen molar-refractivity contribution in [2.75, 3.05) is 40.3 Å². The molecule has 4 N–H and O–H groups in total. The lowest BCUT2D eigenvalue weighted by Crippen LogP contribution is -2.55. The smallest absolute Gasteiger partial charge is 0.236 e. The Morgan fingerprint density at radius 2 is 1.33 bits per heavy atom. The van der Waals surface area contributed by atoms with E-state index < -0.39 is 29.9 Å². The fraction of sp³-hybridized carbons (Fsp3) is 0.882. The first-order valence-corrected chi connectivity index (χ1v) is 17.5. The second-order valence-electron chi connectivity index (χ2n) is 14.0. The van der Waals surface area contributed by atoms with Gasteiger partial charge in [-0.05, 0) is 76.5 Å². The standard InChI is InChI=1S/C34H63N5O6/c1-8-15-38(16-9-2)34(45)27-20-25(19-26(21-27)33(44)37(6)7)32(43)35-29(18-24-11-13-28(40)14-12-24)30(41)22-39(17-10-3)36-31(42)23(4)5/h23-30,40-41H,8-22H2,1-7H3,(H,35,43)(H,36,42). The molecule has 2 saturated carbocycles. The molecule has 0 radical (unpaired) electrons. The molecule has 0 aromatic rings. The molecule has 5 atom stereocenters. The molecule has 260 valence electrons. The summed E-state index contributed by atoms with van der Waals surface area (Å²) in [5.74, 6) is -1.80. The molecular weight excluding hydrogens is 574 g/mol. The lowest BCUT2D eigenvalue weighted by Gasteiger charge is -2.38. The Balaban J connectivity index is 2.29. The van der Waals surface area contributed by atoms with E-state index in [4.69, 9.17) is 0 Å². The van der Waals surface area contributed by atoms with E-state index in [0.717, 1.165) is 32.1 Å². The lowest BCUT2D eigenvalue weighted by molar-refractivity contribution is -0.143. The predicted octanol–water partition coefficient (Wildman–Crippen LogP) is 2.94. The van der Waals surface area contributed by atoms with Gasteiger partial charge >= 0.3 is 0 Å². The third kappa shape index (κ3) is 12.5. The first-order chi connectivity index (χ1) is 21.3. The van der Waals surface area contributed by atoms with Crippen LogP contribution in [0.5, 0.6) is 0 Å². The van der Waals surface area contributed by atoms with E-state index in [9.17, 15) is 29.4 Å². The van der Waals surface area contributed by atoms with Crippen LogP contribution >= 0.6 is 0 Å². The van der Waals surface area contributed by atoms with Crippen molar-refractivity contribution in [3.05, 3.63) is 0 Å². The van der Waals surface area contributed by atoms with E-state index in [2.05, 4.69) is 10.7 Å². The van der Waals surface area contributed by atoms with Gasteiger partial charge in [0.25, 0.3) is 0 Å². The van der Waals surface area contributed by atoms with E-state index in [-0.39, 0.29) is 48.1 Å². The van der Waals surface area contributed by atoms with Crippen LogP contribution in [0.3, 0.4) is 0 Å². The largest absolute Gasteiger partial charge is 0.393 e. The Hall–Kier alpha value is -2.24. The van der Waals surface area contributed by atoms with Crippen LogP contribution < -0.4 is 10.7 Å². The number of hydrazine groups is 1. The minimum atomic E-state index is -0.954. The molecule has 2 aliphatic carbocycles. The number of aliphatic hydroxyl groups excluding tert-OH is 2. The third-order valence-corrected chi connectivity index (χ3v) is 9.41. The molecule has 2 rings (SSSR count). The SMILES string of the molecule is CCCN(CC(O)C(CC1CCC(O)CC1)NC(=O)C1CC(C(=O)N(C)C)CC(C(=O)N(CCC)CCC)C1)NC(=O)C(C)C. The van der Waals surface area contributed by atoms with Crippen LogP contribution in [0.4, 0.5) is 0 Å². The molecule has 0 saturated heterocycles. The molecule has 0 aromatic carbocycles. The number of hydrogen-bond acceptors (Lipinski definition) is 7. The Morgan fingerprint density at radius 3 is 1.84 bits per heavy atom. The van der Waals surface area contributed by atoms with Crippen molar-refractivity contribution in [1.82, 2.24) is 25.6 Å². The summed E-state index contributed by atoms with van der Waals surface area (Å²) in [4.78, 5) is 56.8. The first kappa shape index (κ1) is 38.9. The van der Waals surface area contributed by atoms with Gasteiger partial charge in [-0.25, -0.2) is 5.01 Å². The maximum absolute atomic E-state index is 14.0. The van der Waals surface area contributed by atoms with Crippen LogP contribution in [0, 0.1) is 29.6 Å². The zero-order chi connectivity index (χ0) is 33.7. The fourth-order valence-corrected chi connectivity index (χ4v) is 6.88. The van der Waals surface area contributed by atoms with Crippen molar-refractivity contribution in [2.45, 2.75) is 123 Å². The zero-order valence-corrected chi connectivity index (χ0v) is 29.1. The minimum absolute atomic E-state index is 0.0150. The first-order valence-electron chi connectivity index (χ1n) is 17.5. The van der Waals surface area contributed by atoms with Crippen molar-refractivity contribution in [1.29, 1.82) is 0 Å². The van der Waals surface area contributed by atoms with Crippen LogP contribution in [-0.2, 0) is 19.2 Å². The zero-order valence-electron chi connectivity index (χ0n) is 29.1. The Labute approximate surface area is 271 Å². The highest BCUT2D eigenvalue weighted by atomic mass is 16.3. The molecule has 0 bridgehead atoms. The van der Waals surface area contributed by atoms with E-state index in [1.54, 1.807) is 24.0 Å². The summed E-state index contributed by atoms with van der Waals surface area (Å²) in [7, 11) is 3.41. The molecule has 5 unspecified atom stereocenters. The van der Waals surface area contributed by atoms with Crippen molar-refractivity contribution >= 4 is 23.6 Å². The summed E-state index contributed by atoms with van der Waals surface area (Å²) in [5.41, 5.74) is 2.91. The molecule has 11 heteroatoms. The molecule has 2 fully saturated rings. The van der Waals surface area contributed by atoms with Crippen molar-refractivity contribution in [3.63, 3.8) is 0 Å². The predicted molar refractivity (Wildman–Crippen MR) is 176 cm³/mol. The summed E-state index contributed by atoms with van der Waals surface area (Å²) in [6.07, 6.45) is 5.92. The highest BCUT2D eigenvalue weighted by Crippen LogP contribution is 2.36. The van der Waals surface area contributed by atoms with Crippen molar-refractivity contribution in [2.24, 2.45) is 29.6 Å². The van der Waals surface area contributed by atoms with Crippen molar-refractivity contribution < 1.29 is 29.4 Å². The highest BCUT2D eigenvalue weighted by molar-refractivity contribution is 5.86. The van der Waals surface area contributed by atoms with Gasteiger partial charge in [0.2, 0.25) is 23.6 Å². The molecule has 4 amide bonds. The third-order valence-electron chi connectivity index (χ3n) is 9.41. The normalized spacial score (nSPS) is 25.0. The van der Waals surface area contributed by atoms with E-state index >= 15 is 0 Å². The highest BCUT2D eigenvalue weighted by Gasteiger charge is 2.41. The van der Waals surface area contributed by atoms with Crippen LogP contribution in [0.2, 0.25) is 0 Å². The quantitative estimate of drug-likeness (QED) is 0.180. The Morgan fingerprint density at radius 1 is 0.800 bits per heavy atom. The molecule has 0 aliphatic heterocycles. The fourth-order valence-electron chi connectivity index (χ4n) is 6.88. The maximum Gasteiger partial charge on any atom is 0.236 e. The van der Waals surface area contributed by atoms with E-state index in [1.165, 1.54) is 0 Å². The molecule has 45 heavy (non-hydrogen) atoms. The number of carbonyl (C=O) groups is 4. The van der Waals surface area contributed by atoms with Gasteiger partial charge in [-0.1, -0.05) is 34.6 Å². The van der Waals surface area contributed by atoms with Crippen LogP contribution in [0.15, 0.2) is 0 Å². The number of aliphatic hydroxyl groups is 2. The van der Waals surface area contributed by atoms with Gasteiger partial charge in [-0.2, -0.15) is 0 Å². The number of carbonyl (C=O) groups excluding carboxylic acids is 4. The second-order valence-corrected chi connectivity index (χ2v) is 14.0. The number of hydrogen-bond donors (Lipinski definition) is 4. The van der Waals surface area contributed by atoms with Crippen LogP contribution in [0.25, 0.3) is 0 Å². The molecule has 2 aliphatic rings. The van der Waals surface area contributed by atoms with Gasteiger partial charge in [0, 0.05) is 63.9 Å². The average Bonchev–Trinajstić information content (AvgIpc) is 3.00. The molecule has 0 aromatic heterocycles. The molecule has 0 spiro atoms. The average molecular weight is 638 g/mol. The van der Waals surface area contributed by atoms with Gasteiger partial charge in [-0.3, -0.25) is 24.6 Å². The summed E-state index contributed by atoms with van der Waals surface area (Å²) in [5, 5.41) is 26.5. The number of nitrogens with zero attached hydrogens (tertiary/aromatic N) is 3.